The Labute approximate surface area is 202 Å². The third-order valence-electron chi connectivity index (χ3n) is 6.28. The molecule has 0 aromatic heterocycles. The van der Waals surface area contributed by atoms with Gasteiger partial charge in [0.05, 0.1) is 5.54 Å². The van der Waals surface area contributed by atoms with Crippen molar-refractivity contribution >= 4 is 6.09 Å². The molecule has 34 heavy (non-hydrogen) atoms. The van der Waals surface area contributed by atoms with Gasteiger partial charge < -0.3 is 9.64 Å². The van der Waals surface area contributed by atoms with Gasteiger partial charge in [-0.1, -0.05) is 110 Å². The number of nitrogens with zero attached hydrogens (tertiary/aromatic N) is 2. The molecule has 0 bridgehead atoms. The second-order valence-corrected chi connectivity index (χ2v) is 8.16. The molecule has 0 atom stereocenters. The van der Waals surface area contributed by atoms with E-state index in [0.29, 0.717) is 31.9 Å². The Kier molecular flexibility index (Phi) is 7.41. The quantitative estimate of drug-likeness (QED) is 0.252. The maximum absolute atomic E-state index is 12.8. The average Bonchev–Trinajstić information content (AvgIpc) is 2.91. The normalized spacial score (nSPS) is 14.9. The summed E-state index contributed by atoms with van der Waals surface area (Å²) in [7, 11) is 0. The molecule has 0 aliphatic carbocycles. The van der Waals surface area contributed by atoms with Gasteiger partial charge in [-0.3, -0.25) is 4.90 Å². The summed E-state index contributed by atoms with van der Waals surface area (Å²) in [5, 5.41) is 0. The zero-order valence-electron chi connectivity index (χ0n) is 19.3. The van der Waals surface area contributed by atoms with Gasteiger partial charge >= 0.3 is 6.09 Å². The van der Waals surface area contributed by atoms with Crippen LogP contribution in [0.15, 0.2) is 128 Å². The number of amides is 1. The van der Waals surface area contributed by atoms with E-state index in [4.69, 9.17) is 4.74 Å². The number of benzene rings is 3. The van der Waals surface area contributed by atoms with Crippen LogP contribution in [0, 0.1) is 0 Å². The number of piperazine rings is 1. The molecule has 1 heterocycles. The van der Waals surface area contributed by atoms with Crippen LogP contribution in [0.2, 0.25) is 0 Å². The smallest absolute Gasteiger partial charge is 0.410 e. The molecule has 0 unspecified atom stereocenters. The predicted octanol–water partition coefficient (Wildman–Crippen LogP) is 5.99. The van der Waals surface area contributed by atoms with E-state index >= 15 is 0 Å². The molecule has 4 heteroatoms. The Morgan fingerprint density at radius 3 is 1.56 bits per heavy atom. The second kappa shape index (κ2) is 10.8. The van der Waals surface area contributed by atoms with Crippen molar-refractivity contribution < 1.29 is 9.53 Å². The van der Waals surface area contributed by atoms with Crippen LogP contribution in [-0.2, 0) is 10.3 Å². The lowest BCUT2D eigenvalue weighted by Crippen LogP contribution is -2.57. The maximum Gasteiger partial charge on any atom is 0.415 e. The lowest BCUT2D eigenvalue weighted by molar-refractivity contribution is 0.0638. The Bertz CT molecular complexity index is 1040. The fraction of sp³-hybridized carbons (Fsp3) is 0.167. The molecular weight excluding hydrogens is 420 g/mol. The van der Waals surface area contributed by atoms with Gasteiger partial charge in [0.15, 0.2) is 0 Å². The standard InChI is InChI=1S/C30H30N2O2/c1-3-14-28(4-2)34-29(33)31-21-23-32(24-22-31)30(25-15-8-5-9-16-25,26-17-10-6-11-18-26)27-19-12-7-13-20-27/h3-20H,1-2,21-24H2/b28-14+. The minimum Gasteiger partial charge on any atom is -0.410 e. The summed E-state index contributed by atoms with van der Waals surface area (Å²) in [5.74, 6) is 0.398. The Hall–Kier alpha value is -3.89. The van der Waals surface area contributed by atoms with Crippen molar-refractivity contribution in [1.29, 1.82) is 0 Å². The fourth-order valence-corrected chi connectivity index (χ4v) is 4.74. The first-order valence-corrected chi connectivity index (χ1v) is 11.5. The Morgan fingerprint density at radius 1 is 0.735 bits per heavy atom. The highest BCUT2D eigenvalue weighted by Crippen LogP contribution is 2.42. The number of carbonyl (C=O) groups excluding carboxylic acids is 1. The van der Waals surface area contributed by atoms with Crippen molar-refractivity contribution in [2.75, 3.05) is 26.2 Å². The van der Waals surface area contributed by atoms with E-state index in [0.717, 1.165) is 0 Å². The molecule has 4 rings (SSSR count). The highest BCUT2D eigenvalue weighted by Gasteiger charge is 2.43. The zero-order chi connectivity index (χ0) is 23.8. The number of ether oxygens (including phenoxy) is 1. The summed E-state index contributed by atoms with van der Waals surface area (Å²) in [4.78, 5) is 17.0. The van der Waals surface area contributed by atoms with Crippen molar-refractivity contribution in [3.8, 4) is 0 Å². The molecule has 1 fully saturated rings. The maximum atomic E-state index is 12.8. The van der Waals surface area contributed by atoms with Crippen LogP contribution in [0.4, 0.5) is 4.79 Å². The summed E-state index contributed by atoms with van der Waals surface area (Å²) in [6.07, 6.45) is 4.36. The van der Waals surface area contributed by atoms with Gasteiger partial charge in [0.1, 0.15) is 5.76 Å². The average molecular weight is 451 g/mol. The summed E-state index contributed by atoms with van der Waals surface area (Å²) >= 11 is 0. The van der Waals surface area contributed by atoms with Crippen LogP contribution in [0.25, 0.3) is 0 Å². The Morgan fingerprint density at radius 2 is 1.18 bits per heavy atom. The van der Waals surface area contributed by atoms with Crippen LogP contribution in [-0.4, -0.2) is 42.1 Å². The monoisotopic (exact) mass is 450 g/mol. The highest BCUT2D eigenvalue weighted by molar-refractivity contribution is 5.69. The molecule has 0 spiro atoms. The first kappa shape index (κ1) is 23.3. The molecule has 0 radical (unpaired) electrons. The van der Waals surface area contributed by atoms with Crippen LogP contribution in [0.1, 0.15) is 16.7 Å². The van der Waals surface area contributed by atoms with E-state index in [2.05, 4.69) is 90.9 Å². The number of hydrogen-bond donors (Lipinski definition) is 0. The molecular formula is C30H30N2O2. The van der Waals surface area contributed by atoms with Crippen molar-refractivity contribution in [1.82, 2.24) is 9.80 Å². The van der Waals surface area contributed by atoms with E-state index in [9.17, 15) is 4.79 Å². The summed E-state index contributed by atoms with van der Waals surface area (Å²) < 4.78 is 5.49. The van der Waals surface area contributed by atoms with Crippen LogP contribution in [0.5, 0.6) is 0 Å². The van der Waals surface area contributed by atoms with Gasteiger partial charge in [0.25, 0.3) is 0 Å². The zero-order valence-corrected chi connectivity index (χ0v) is 19.3. The molecule has 4 nitrogen and oxygen atoms in total. The first-order chi connectivity index (χ1) is 16.7. The summed E-state index contributed by atoms with van der Waals surface area (Å²) in [6, 6.07) is 31.8. The van der Waals surface area contributed by atoms with Gasteiger partial charge in [-0.05, 0) is 28.8 Å². The molecule has 1 saturated heterocycles. The number of hydrogen-bond acceptors (Lipinski definition) is 3. The molecule has 3 aromatic rings. The number of rotatable bonds is 7. The minimum atomic E-state index is -0.477. The third kappa shape index (κ3) is 4.59. The molecule has 0 N–H and O–H groups in total. The van der Waals surface area contributed by atoms with E-state index in [1.165, 1.54) is 22.8 Å². The van der Waals surface area contributed by atoms with E-state index in [1.807, 2.05) is 18.2 Å². The molecule has 1 amide bonds. The van der Waals surface area contributed by atoms with Crippen LogP contribution < -0.4 is 0 Å². The van der Waals surface area contributed by atoms with Crippen LogP contribution >= 0.6 is 0 Å². The van der Waals surface area contributed by atoms with Crippen molar-refractivity contribution in [3.63, 3.8) is 0 Å². The van der Waals surface area contributed by atoms with E-state index in [-0.39, 0.29) is 6.09 Å². The minimum absolute atomic E-state index is 0.364. The fourth-order valence-electron chi connectivity index (χ4n) is 4.74. The second-order valence-electron chi connectivity index (χ2n) is 8.16. The lowest BCUT2D eigenvalue weighted by Gasteiger charge is -2.48. The largest absolute Gasteiger partial charge is 0.415 e. The SMILES string of the molecule is C=C/C=C(\C=C)OC(=O)N1CCN(C(c2ccccc2)(c2ccccc2)c2ccccc2)CC1. The lowest BCUT2D eigenvalue weighted by atomic mass is 9.75. The first-order valence-electron chi connectivity index (χ1n) is 11.5. The van der Waals surface area contributed by atoms with E-state index < -0.39 is 5.54 Å². The van der Waals surface area contributed by atoms with Gasteiger partial charge in [0, 0.05) is 26.2 Å². The van der Waals surface area contributed by atoms with Crippen LogP contribution in [0.3, 0.4) is 0 Å². The molecule has 3 aromatic carbocycles. The van der Waals surface area contributed by atoms with Crippen molar-refractivity contribution in [3.05, 3.63) is 145 Å². The molecule has 1 aliphatic heterocycles. The predicted molar refractivity (Wildman–Crippen MR) is 137 cm³/mol. The third-order valence-corrected chi connectivity index (χ3v) is 6.28. The summed E-state index contributed by atoms with van der Waals surface area (Å²) in [6.45, 7) is 9.87. The van der Waals surface area contributed by atoms with Gasteiger partial charge in [-0.15, -0.1) is 0 Å². The topological polar surface area (TPSA) is 32.8 Å². The van der Waals surface area contributed by atoms with E-state index in [1.54, 1.807) is 17.1 Å². The molecule has 1 aliphatic rings. The number of allylic oxidation sites excluding steroid dienone is 3. The van der Waals surface area contributed by atoms with Crippen molar-refractivity contribution in [2.24, 2.45) is 0 Å². The Balaban J connectivity index is 1.71. The highest BCUT2D eigenvalue weighted by atomic mass is 16.6. The van der Waals surface area contributed by atoms with Gasteiger partial charge in [0.2, 0.25) is 0 Å². The number of carbonyl (C=O) groups is 1. The summed E-state index contributed by atoms with van der Waals surface area (Å²) in [5.41, 5.74) is 3.12. The van der Waals surface area contributed by atoms with Gasteiger partial charge in [-0.25, -0.2) is 4.79 Å². The van der Waals surface area contributed by atoms with Crippen molar-refractivity contribution in [2.45, 2.75) is 5.54 Å². The molecule has 0 saturated carbocycles. The molecule has 172 valence electrons. The van der Waals surface area contributed by atoms with Gasteiger partial charge in [-0.2, -0.15) is 0 Å².